The van der Waals surface area contributed by atoms with Crippen molar-refractivity contribution in [3.8, 4) is 0 Å². The van der Waals surface area contributed by atoms with E-state index in [-0.39, 0.29) is 31.0 Å². The molecular formula is C11H15N3O6. The molecule has 1 heterocycles. The molecule has 0 atom stereocenters. The number of carbonyl (C=O) groups is 1. The Balaban J connectivity index is 2.53. The fourth-order valence-electron chi connectivity index (χ4n) is 1.38. The molecule has 0 unspecified atom stereocenters. The molecule has 1 aromatic rings. The average molecular weight is 285 g/mol. The van der Waals surface area contributed by atoms with Gasteiger partial charge in [0.25, 0.3) is 17.2 Å². The topological polar surface area (TPSA) is 135 Å². The van der Waals surface area contributed by atoms with E-state index in [1.54, 1.807) is 0 Å². The van der Waals surface area contributed by atoms with Gasteiger partial charge in [0.2, 0.25) is 0 Å². The van der Waals surface area contributed by atoms with Crippen LogP contribution in [0, 0.1) is 10.1 Å². The van der Waals surface area contributed by atoms with Crippen LogP contribution in [0.25, 0.3) is 0 Å². The van der Waals surface area contributed by atoms with Crippen LogP contribution in [-0.4, -0.2) is 47.3 Å². The number of aliphatic hydroxyl groups excluding tert-OH is 1. The summed E-state index contributed by atoms with van der Waals surface area (Å²) in [6.07, 6.45) is 1.43. The number of ether oxygens (including phenoxy) is 1. The lowest BCUT2D eigenvalue weighted by Gasteiger charge is -2.05. The van der Waals surface area contributed by atoms with E-state index in [9.17, 15) is 19.7 Å². The van der Waals surface area contributed by atoms with Gasteiger partial charge in [-0.25, -0.2) is 0 Å². The van der Waals surface area contributed by atoms with Gasteiger partial charge >= 0.3 is 0 Å². The molecule has 3 N–H and O–H groups in total. The standard InChI is InChI=1S/C11H15N3O6/c15-3-5-20-4-1-2-12-10(16)9-6-8(14(18)19)7-13-11(9)17/h6-7,15H,1-5H2,(H,12,16)(H,13,17). The van der Waals surface area contributed by atoms with Crippen LogP contribution < -0.4 is 10.9 Å². The number of nitro groups is 1. The summed E-state index contributed by atoms with van der Waals surface area (Å²) in [5, 5.41) is 21.5. The van der Waals surface area contributed by atoms with Gasteiger partial charge in [0, 0.05) is 19.2 Å². The molecule has 9 heteroatoms. The molecule has 0 fully saturated rings. The van der Waals surface area contributed by atoms with Gasteiger partial charge in [0.05, 0.1) is 24.3 Å². The number of rotatable bonds is 8. The first-order valence-corrected chi connectivity index (χ1v) is 5.90. The van der Waals surface area contributed by atoms with Crippen molar-refractivity contribution in [3.05, 3.63) is 38.3 Å². The summed E-state index contributed by atoms with van der Waals surface area (Å²) >= 11 is 0. The lowest BCUT2D eigenvalue weighted by atomic mass is 10.2. The third-order valence-corrected chi connectivity index (χ3v) is 2.33. The Morgan fingerprint density at radius 2 is 2.25 bits per heavy atom. The van der Waals surface area contributed by atoms with Gasteiger partial charge < -0.3 is 20.1 Å². The van der Waals surface area contributed by atoms with Crippen molar-refractivity contribution in [1.82, 2.24) is 10.3 Å². The first kappa shape index (κ1) is 15.8. The molecule has 1 amide bonds. The van der Waals surface area contributed by atoms with E-state index >= 15 is 0 Å². The summed E-state index contributed by atoms with van der Waals surface area (Å²) in [5.74, 6) is -0.683. The summed E-state index contributed by atoms with van der Waals surface area (Å²) in [5.41, 5.74) is -1.36. The third-order valence-electron chi connectivity index (χ3n) is 2.33. The number of aromatic amines is 1. The van der Waals surface area contributed by atoms with Crippen molar-refractivity contribution in [2.45, 2.75) is 6.42 Å². The van der Waals surface area contributed by atoms with Gasteiger partial charge in [0.1, 0.15) is 5.56 Å². The minimum atomic E-state index is -0.699. The number of carbonyl (C=O) groups excluding carboxylic acids is 1. The van der Waals surface area contributed by atoms with Crippen LogP contribution in [0.3, 0.4) is 0 Å². The molecule has 20 heavy (non-hydrogen) atoms. The summed E-state index contributed by atoms with van der Waals surface area (Å²) in [4.78, 5) is 35.1. The van der Waals surface area contributed by atoms with Gasteiger partial charge in [-0.2, -0.15) is 0 Å². The highest BCUT2D eigenvalue weighted by molar-refractivity contribution is 5.94. The predicted octanol–water partition coefficient (Wildman–Crippen LogP) is -0.588. The predicted molar refractivity (Wildman–Crippen MR) is 68.6 cm³/mol. The quantitative estimate of drug-likeness (QED) is 0.332. The van der Waals surface area contributed by atoms with Crippen LogP contribution in [0.4, 0.5) is 5.69 Å². The van der Waals surface area contributed by atoms with Crippen LogP contribution >= 0.6 is 0 Å². The lowest BCUT2D eigenvalue weighted by molar-refractivity contribution is -0.385. The van der Waals surface area contributed by atoms with Crippen LogP contribution in [-0.2, 0) is 4.74 Å². The molecule has 0 radical (unpaired) electrons. The second-order valence-electron chi connectivity index (χ2n) is 3.80. The minimum Gasteiger partial charge on any atom is -0.394 e. The van der Waals surface area contributed by atoms with E-state index < -0.39 is 16.4 Å². The van der Waals surface area contributed by atoms with Gasteiger partial charge in [-0.05, 0) is 6.42 Å². The maximum atomic E-state index is 11.7. The molecule has 0 saturated carbocycles. The Morgan fingerprint density at radius 3 is 2.90 bits per heavy atom. The number of pyridine rings is 1. The number of amides is 1. The van der Waals surface area contributed by atoms with Gasteiger partial charge in [0.15, 0.2) is 0 Å². The van der Waals surface area contributed by atoms with Gasteiger partial charge in [-0.1, -0.05) is 0 Å². The van der Waals surface area contributed by atoms with Crippen molar-refractivity contribution in [2.24, 2.45) is 0 Å². The normalized spacial score (nSPS) is 10.2. The van der Waals surface area contributed by atoms with Crippen LogP contribution in [0.15, 0.2) is 17.1 Å². The Hall–Kier alpha value is -2.26. The molecule has 1 aromatic heterocycles. The van der Waals surface area contributed by atoms with Crippen molar-refractivity contribution < 1.29 is 19.6 Å². The fourth-order valence-corrected chi connectivity index (χ4v) is 1.38. The summed E-state index contributed by atoms with van der Waals surface area (Å²) in [6, 6.07) is 0.927. The molecule has 9 nitrogen and oxygen atoms in total. The summed E-state index contributed by atoms with van der Waals surface area (Å²) in [7, 11) is 0. The molecule has 0 saturated heterocycles. The minimum absolute atomic E-state index is 0.0740. The highest BCUT2D eigenvalue weighted by Gasteiger charge is 2.15. The van der Waals surface area contributed by atoms with Crippen LogP contribution in [0.1, 0.15) is 16.8 Å². The summed E-state index contributed by atoms with van der Waals surface area (Å²) in [6.45, 7) is 0.756. The first-order valence-electron chi connectivity index (χ1n) is 5.90. The Kier molecular flexibility index (Phi) is 6.33. The third kappa shape index (κ3) is 4.78. The highest BCUT2D eigenvalue weighted by atomic mass is 16.6. The molecule has 0 spiro atoms. The zero-order valence-electron chi connectivity index (χ0n) is 10.6. The zero-order chi connectivity index (χ0) is 15.0. The number of aliphatic hydroxyl groups is 1. The van der Waals surface area contributed by atoms with Crippen LogP contribution in [0.2, 0.25) is 0 Å². The van der Waals surface area contributed by atoms with Crippen molar-refractivity contribution in [1.29, 1.82) is 0 Å². The van der Waals surface area contributed by atoms with E-state index in [0.717, 1.165) is 12.3 Å². The second-order valence-corrected chi connectivity index (χ2v) is 3.80. The Morgan fingerprint density at radius 1 is 1.50 bits per heavy atom. The second kappa shape index (κ2) is 8.02. The number of hydrogen-bond acceptors (Lipinski definition) is 6. The largest absolute Gasteiger partial charge is 0.394 e. The average Bonchev–Trinajstić information content (AvgIpc) is 2.42. The van der Waals surface area contributed by atoms with E-state index in [0.29, 0.717) is 13.0 Å². The van der Waals surface area contributed by atoms with Gasteiger partial charge in [-0.3, -0.25) is 19.7 Å². The molecule has 1 rings (SSSR count). The smallest absolute Gasteiger partial charge is 0.286 e. The lowest BCUT2D eigenvalue weighted by Crippen LogP contribution is -2.30. The van der Waals surface area contributed by atoms with Crippen molar-refractivity contribution in [2.75, 3.05) is 26.4 Å². The number of hydrogen-bond donors (Lipinski definition) is 3. The molecule has 0 aliphatic rings. The molecule has 0 aliphatic carbocycles. The zero-order valence-corrected chi connectivity index (χ0v) is 10.6. The highest BCUT2D eigenvalue weighted by Crippen LogP contribution is 2.07. The maximum absolute atomic E-state index is 11.7. The van der Waals surface area contributed by atoms with E-state index in [1.807, 2.05) is 0 Å². The molecular weight excluding hydrogens is 270 g/mol. The van der Waals surface area contributed by atoms with Gasteiger partial charge in [-0.15, -0.1) is 0 Å². The Bertz CT molecular complexity index is 527. The van der Waals surface area contributed by atoms with Crippen LogP contribution in [0.5, 0.6) is 0 Å². The van der Waals surface area contributed by atoms with E-state index in [2.05, 4.69) is 10.3 Å². The monoisotopic (exact) mass is 285 g/mol. The van der Waals surface area contributed by atoms with E-state index in [4.69, 9.17) is 9.84 Å². The van der Waals surface area contributed by atoms with E-state index in [1.165, 1.54) is 0 Å². The van der Waals surface area contributed by atoms with Crippen molar-refractivity contribution in [3.63, 3.8) is 0 Å². The molecule has 0 aromatic carbocycles. The number of aromatic nitrogens is 1. The first-order chi connectivity index (χ1) is 9.56. The molecule has 110 valence electrons. The Labute approximate surface area is 113 Å². The molecule has 0 bridgehead atoms. The van der Waals surface area contributed by atoms with Crippen molar-refractivity contribution >= 4 is 11.6 Å². The summed E-state index contributed by atoms with van der Waals surface area (Å²) < 4.78 is 4.99. The molecule has 0 aliphatic heterocycles. The number of nitrogens with zero attached hydrogens (tertiary/aromatic N) is 1. The number of H-pyrrole nitrogens is 1. The maximum Gasteiger partial charge on any atom is 0.286 e. The SMILES string of the molecule is O=C(NCCCOCCO)c1cc([N+](=O)[O-])c[nH]c1=O. The fraction of sp³-hybridized carbons (Fsp3) is 0.455. The number of nitrogens with one attached hydrogen (secondary N) is 2.